The monoisotopic (exact) mass is 276 g/mol. The summed E-state index contributed by atoms with van der Waals surface area (Å²) in [5.74, 6) is -1.32. The van der Waals surface area contributed by atoms with Crippen molar-refractivity contribution in [3.63, 3.8) is 0 Å². The zero-order valence-corrected chi connectivity index (χ0v) is 10.5. The van der Waals surface area contributed by atoms with Crippen LogP contribution >= 0.6 is 0 Å². The van der Waals surface area contributed by atoms with Gasteiger partial charge in [-0.25, -0.2) is 0 Å². The fourth-order valence-electron chi connectivity index (χ4n) is 2.35. The predicted molar refractivity (Wildman–Crippen MR) is 60.5 cm³/mol. The lowest BCUT2D eigenvalue weighted by atomic mass is 9.85. The van der Waals surface area contributed by atoms with Gasteiger partial charge in [-0.05, 0) is 26.2 Å². The molecule has 2 rings (SSSR count). The third-order valence-electron chi connectivity index (χ3n) is 3.33. The van der Waals surface area contributed by atoms with Gasteiger partial charge < -0.3 is 9.84 Å². The quantitative estimate of drug-likeness (QED) is 0.903. The zero-order valence-electron chi connectivity index (χ0n) is 10.5. The second-order valence-corrected chi connectivity index (χ2v) is 4.90. The van der Waals surface area contributed by atoms with Crippen LogP contribution in [0.25, 0.3) is 0 Å². The molecule has 0 spiro atoms. The van der Waals surface area contributed by atoms with Crippen molar-refractivity contribution in [3.05, 3.63) is 17.5 Å². The molecule has 0 aromatic carbocycles. The number of nitrogens with one attached hydrogen (secondary N) is 1. The van der Waals surface area contributed by atoms with Gasteiger partial charge in [-0.3, -0.25) is 4.79 Å². The molecule has 7 heteroatoms. The molecule has 1 amide bonds. The second-order valence-electron chi connectivity index (χ2n) is 4.90. The average Bonchev–Trinajstić information content (AvgIpc) is 2.75. The normalized spacial score (nSPS) is 24.2. The third-order valence-corrected chi connectivity index (χ3v) is 3.33. The Balaban J connectivity index is 1.94. The fourth-order valence-corrected chi connectivity index (χ4v) is 2.35. The van der Waals surface area contributed by atoms with Gasteiger partial charge in [0.1, 0.15) is 5.76 Å². The number of alkyl halides is 3. The molecule has 1 aromatic heterocycles. The first-order valence-corrected chi connectivity index (χ1v) is 6.17. The molecule has 1 aliphatic rings. The summed E-state index contributed by atoms with van der Waals surface area (Å²) in [5, 5.41) is 6.13. The molecular weight excluding hydrogens is 261 g/mol. The molecule has 0 bridgehead atoms. The number of aromatic nitrogens is 1. The van der Waals surface area contributed by atoms with Gasteiger partial charge in [-0.15, -0.1) is 0 Å². The van der Waals surface area contributed by atoms with Crippen molar-refractivity contribution < 1.29 is 22.5 Å². The van der Waals surface area contributed by atoms with E-state index < -0.39 is 24.0 Å². The molecule has 0 unspecified atom stereocenters. The highest BCUT2D eigenvalue weighted by Crippen LogP contribution is 2.37. The maximum Gasteiger partial charge on any atom is 0.391 e. The van der Waals surface area contributed by atoms with Crippen LogP contribution in [0.1, 0.15) is 41.9 Å². The van der Waals surface area contributed by atoms with Crippen molar-refractivity contribution in [2.45, 2.75) is 44.8 Å². The van der Waals surface area contributed by atoms with E-state index in [1.54, 1.807) is 6.92 Å². The van der Waals surface area contributed by atoms with Gasteiger partial charge in [-0.1, -0.05) is 11.6 Å². The minimum Gasteiger partial charge on any atom is -0.361 e. The lowest BCUT2D eigenvalue weighted by Gasteiger charge is -2.30. The molecule has 0 radical (unpaired) electrons. The Morgan fingerprint density at radius 3 is 2.79 bits per heavy atom. The summed E-state index contributed by atoms with van der Waals surface area (Å²) in [6.45, 7) is 1.64. The first-order valence-electron chi connectivity index (χ1n) is 6.17. The standard InChI is InChI=1S/C12H15F3N2O2/c1-7-5-10(17-19-7)11(18)16-9-4-2-3-8(6-9)12(13,14)15/h5,8-9H,2-4,6H2,1H3,(H,16,18)/t8-,9-/m0/s1. The topological polar surface area (TPSA) is 55.1 Å². The SMILES string of the molecule is Cc1cc(C(=O)N[C@H]2CCC[C@H](C(F)(F)F)C2)no1. The highest BCUT2D eigenvalue weighted by Gasteiger charge is 2.42. The summed E-state index contributed by atoms with van der Waals surface area (Å²) >= 11 is 0. The fraction of sp³-hybridized carbons (Fsp3) is 0.667. The number of carbonyl (C=O) groups is 1. The summed E-state index contributed by atoms with van der Waals surface area (Å²) in [4.78, 5) is 11.8. The van der Waals surface area contributed by atoms with Crippen LogP contribution in [0.2, 0.25) is 0 Å². The van der Waals surface area contributed by atoms with Gasteiger partial charge in [0.05, 0.1) is 5.92 Å². The molecule has 1 aliphatic carbocycles. The molecule has 1 fully saturated rings. The third kappa shape index (κ3) is 3.48. The van der Waals surface area contributed by atoms with Gasteiger partial charge in [0.15, 0.2) is 5.69 Å². The van der Waals surface area contributed by atoms with E-state index in [2.05, 4.69) is 10.5 Å². The number of hydrogen-bond donors (Lipinski definition) is 1. The van der Waals surface area contributed by atoms with E-state index in [9.17, 15) is 18.0 Å². The minimum absolute atomic E-state index is 0.0634. The lowest BCUT2D eigenvalue weighted by Crippen LogP contribution is -2.41. The Morgan fingerprint density at radius 1 is 1.47 bits per heavy atom. The Hall–Kier alpha value is -1.53. The molecule has 1 N–H and O–H groups in total. The van der Waals surface area contributed by atoms with E-state index in [1.807, 2.05) is 0 Å². The molecule has 4 nitrogen and oxygen atoms in total. The van der Waals surface area contributed by atoms with Crippen LogP contribution in [-0.4, -0.2) is 23.3 Å². The maximum absolute atomic E-state index is 12.6. The summed E-state index contributed by atoms with van der Waals surface area (Å²) in [5.41, 5.74) is 0.103. The molecule has 1 heterocycles. The number of carbonyl (C=O) groups excluding carboxylic acids is 1. The first kappa shape index (κ1) is 13.9. The largest absolute Gasteiger partial charge is 0.391 e. The molecular formula is C12H15F3N2O2. The number of nitrogens with zero attached hydrogens (tertiary/aromatic N) is 1. The molecule has 106 valence electrons. The number of halogens is 3. The van der Waals surface area contributed by atoms with Gasteiger partial charge >= 0.3 is 6.18 Å². The molecule has 19 heavy (non-hydrogen) atoms. The highest BCUT2D eigenvalue weighted by atomic mass is 19.4. The summed E-state index contributed by atoms with van der Waals surface area (Å²) < 4.78 is 42.7. The number of amides is 1. The summed E-state index contributed by atoms with van der Waals surface area (Å²) in [6, 6.07) is 1.00. The van der Waals surface area contributed by atoms with Crippen molar-refractivity contribution >= 4 is 5.91 Å². The van der Waals surface area contributed by atoms with Gasteiger partial charge in [0, 0.05) is 12.1 Å². The summed E-state index contributed by atoms with van der Waals surface area (Å²) in [6.07, 6.45) is -3.08. The smallest absolute Gasteiger partial charge is 0.361 e. The van der Waals surface area contributed by atoms with Crippen LogP contribution < -0.4 is 5.32 Å². The van der Waals surface area contributed by atoms with E-state index in [0.717, 1.165) is 0 Å². The molecule has 1 saturated carbocycles. The minimum atomic E-state index is -4.19. The van der Waals surface area contributed by atoms with Crippen LogP contribution in [-0.2, 0) is 0 Å². The Kier molecular flexibility index (Phi) is 3.82. The number of rotatable bonds is 2. The number of aryl methyl sites for hydroxylation is 1. The van der Waals surface area contributed by atoms with Crippen molar-refractivity contribution in [2.75, 3.05) is 0 Å². The lowest BCUT2D eigenvalue weighted by molar-refractivity contribution is -0.183. The van der Waals surface area contributed by atoms with E-state index in [0.29, 0.717) is 18.6 Å². The van der Waals surface area contributed by atoms with Crippen LogP contribution in [0.4, 0.5) is 13.2 Å². The van der Waals surface area contributed by atoms with E-state index in [-0.39, 0.29) is 18.5 Å². The van der Waals surface area contributed by atoms with Crippen LogP contribution in [0.3, 0.4) is 0 Å². The Morgan fingerprint density at radius 2 is 2.21 bits per heavy atom. The van der Waals surface area contributed by atoms with Crippen molar-refractivity contribution in [1.82, 2.24) is 10.5 Å². The van der Waals surface area contributed by atoms with Crippen molar-refractivity contribution in [1.29, 1.82) is 0 Å². The maximum atomic E-state index is 12.6. The Bertz CT molecular complexity index is 456. The molecule has 0 saturated heterocycles. The van der Waals surface area contributed by atoms with Gasteiger partial charge in [-0.2, -0.15) is 13.2 Å². The van der Waals surface area contributed by atoms with Crippen LogP contribution in [0.15, 0.2) is 10.6 Å². The second kappa shape index (κ2) is 5.22. The Labute approximate surface area is 108 Å². The van der Waals surface area contributed by atoms with Crippen LogP contribution in [0.5, 0.6) is 0 Å². The molecule has 0 aliphatic heterocycles. The van der Waals surface area contributed by atoms with Crippen molar-refractivity contribution in [3.8, 4) is 0 Å². The van der Waals surface area contributed by atoms with Crippen LogP contribution in [0, 0.1) is 12.8 Å². The average molecular weight is 276 g/mol. The highest BCUT2D eigenvalue weighted by molar-refractivity contribution is 5.92. The predicted octanol–water partition coefficient (Wildman–Crippen LogP) is 2.83. The van der Waals surface area contributed by atoms with E-state index >= 15 is 0 Å². The van der Waals surface area contributed by atoms with E-state index in [4.69, 9.17) is 4.52 Å². The number of hydrogen-bond acceptors (Lipinski definition) is 3. The summed E-state index contributed by atoms with van der Waals surface area (Å²) in [7, 11) is 0. The van der Waals surface area contributed by atoms with Gasteiger partial charge in [0.2, 0.25) is 0 Å². The molecule has 2 atom stereocenters. The first-order chi connectivity index (χ1) is 8.86. The molecule has 1 aromatic rings. The van der Waals surface area contributed by atoms with Gasteiger partial charge in [0.25, 0.3) is 5.91 Å². The van der Waals surface area contributed by atoms with E-state index in [1.165, 1.54) is 6.07 Å². The zero-order chi connectivity index (χ0) is 14.0. The van der Waals surface area contributed by atoms with Crippen molar-refractivity contribution in [2.24, 2.45) is 5.92 Å².